The van der Waals surface area contributed by atoms with Crippen LogP contribution in [0.2, 0.25) is 0 Å². The molecule has 0 aliphatic heterocycles. The van der Waals surface area contributed by atoms with E-state index in [9.17, 15) is 0 Å². The van der Waals surface area contributed by atoms with Gasteiger partial charge in [0.2, 0.25) is 0 Å². The van der Waals surface area contributed by atoms with Gasteiger partial charge in [0.1, 0.15) is 0 Å². The molecule has 0 aliphatic rings. The minimum absolute atomic E-state index is 0.123. The van der Waals surface area contributed by atoms with E-state index in [0.717, 1.165) is 56.3 Å². The monoisotopic (exact) mass is 677 g/mol. The van der Waals surface area contributed by atoms with Gasteiger partial charge in [-0.05, 0) is 107 Å². The molecule has 0 amide bonds. The lowest BCUT2D eigenvalue weighted by atomic mass is 9.96. The summed E-state index contributed by atoms with van der Waals surface area (Å²) in [6.07, 6.45) is 5.70. The predicted molar refractivity (Wildman–Crippen MR) is 218 cm³/mol. The van der Waals surface area contributed by atoms with Crippen LogP contribution in [0.1, 0.15) is 41.5 Å². The molecule has 8 rings (SSSR count). The van der Waals surface area contributed by atoms with Crippen LogP contribution in [0.4, 0.5) is 11.4 Å². The zero-order valence-corrected chi connectivity index (χ0v) is 30.7. The third-order valence-corrected chi connectivity index (χ3v) is 9.67. The minimum Gasteiger partial charge on any atom is -0.335 e. The van der Waals surface area contributed by atoms with Gasteiger partial charge < -0.3 is 9.47 Å². The van der Waals surface area contributed by atoms with Gasteiger partial charge in [0.15, 0.2) is 0 Å². The number of rotatable bonds is 6. The van der Waals surface area contributed by atoms with E-state index in [0.29, 0.717) is 0 Å². The minimum atomic E-state index is -0.255. The fourth-order valence-electron chi connectivity index (χ4n) is 7.58. The first-order valence-electron chi connectivity index (χ1n) is 18.0. The molecule has 52 heavy (non-hydrogen) atoms. The number of fused-ring (bicyclic) bond motifs is 3. The Balaban J connectivity index is 1.24. The summed E-state index contributed by atoms with van der Waals surface area (Å²) in [5.74, 6) is 0. The highest BCUT2D eigenvalue weighted by Gasteiger charge is 2.29. The van der Waals surface area contributed by atoms with Crippen LogP contribution >= 0.6 is 0 Å². The van der Waals surface area contributed by atoms with E-state index in [1.165, 1.54) is 21.8 Å². The molecule has 0 unspecified atom stereocenters. The van der Waals surface area contributed by atoms with Gasteiger partial charge in [-0.15, -0.1) is 0 Å². The van der Waals surface area contributed by atoms with Crippen LogP contribution in [-0.4, -0.2) is 25.1 Å². The normalized spacial score (nSPS) is 12.0. The molecular weight excluding hydrogens is 635 g/mol. The number of anilines is 2. The van der Waals surface area contributed by atoms with Crippen molar-refractivity contribution in [2.24, 2.45) is 0 Å². The van der Waals surface area contributed by atoms with Crippen molar-refractivity contribution in [1.29, 1.82) is 0 Å². The Morgan fingerprint density at radius 2 is 0.981 bits per heavy atom. The summed E-state index contributed by atoms with van der Waals surface area (Å²) in [5, 5.41) is 2.50. The van der Waals surface area contributed by atoms with Crippen LogP contribution < -0.4 is 4.90 Å². The number of aromatic nitrogens is 4. The van der Waals surface area contributed by atoms with Crippen molar-refractivity contribution in [3.05, 3.63) is 152 Å². The zero-order valence-electron chi connectivity index (χ0n) is 30.7. The van der Waals surface area contributed by atoms with Crippen LogP contribution in [0.15, 0.2) is 152 Å². The number of benzene rings is 4. The van der Waals surface area contributed by atoms with E-state index in [2.05, 4.69) is 172 Å². The molecule has 0 N–H and O–H groups in total. The first-order valence-corrected chi connectivity index (χ1v) is 18.0. The van der Waals surface area contributed by atoms with Crippen molar-refractivity contribution in [3.8, 4) is 44.9 Å². The highest BCUT2D eigenvalue weighted by Crippen LogP contribution is 2.44. The molecular formula is C47H43N5. The average molecular weight is 678 g/mol. The van der Waals surface area contributed by atoms with E-state index >= 15 is 0 Å². The highest BCUT2D eigenvalue weighted by atomic mass is 15.2. The van der Waals surface area contributed by atoms with Crippen molar-refractivity contribution in [2.75, 3.05) is 4.90 Å². The summed E-state index contributed by atoms with van der Waals surface area (Å²) in [6.45, 7) is 13.6. The maximum Gasteiger partial charge on any atom is 0.0729 e. The van der Waals surface area contributed by atoms with E-state index < -0.39 is 0 Å². The van der Waals surface area contributed by atoms with Crippen LogP contribution in [-0.2, 0) is 5.54 Å². The van der Waals surface area contributed by atoms with Crippen molar-refractivity contribution in [2.45, 2.75) is 52.6 Å². The molecule has 256 valence electrons. The van der Waals surface area contributed by atoms with Gasteiger partial charge in [0.25, 0.3) is 0 Å². The van der Waals surface area contributed by atoms with E-state index in [4.69, 9.17) is 15.0 Å². The van der Waals surface area contributed by atoms with E-state index in [1.807, 2.05) is 30.7 Å². The molecule has 0 saturated carbocycles. The standard InChI is InChI=1S/C47H43N5/c1-46(2,3)51(43-23-11-8-17-36(43)39-21-13-14-27-48-39)44-24-12-9-18-37(44)40-30-32(25-28-49-40)33-26-29-50-41(31-33)38-20-15-19-35-34-16-7-10-22-42(34)52(45(35)38)47(4,5)6/h7-31H,1-6H3. The Labute approximate surface area is 306 Å². The van der Waals surface area contributed by atoms with Crippen molar-refractivity contribution in [3.63, 3.8) is 0 Å². The number of hydrogen-bond donors (Lipinski definition) is 0. The Kier molecular flexibility index (Phi) is 8.22. The van der Waals surface area contributed by atoms with Crippen LogP contribution in [0, 0.1) is 0 Å². The number of para-hydroxylation sites is 4. The SMILES string of the molecule is CC(C)(C)N(c1ccccc1-c1ccccn1)c1ccccc1-c1cc(-c2ccnc(-c3cccc4c5ccccc5n(C(C)(C)C)c34)c2)ccn1. The second-order valence-electron chi connectivity index (χ2n) is 15.3. The van der Waals surface area contributed by atoms with E-state index in [1.54, 1.807) is 0 Å². The maximum atomic E-state index is 4.96. The lowest BCUT2D eigenvalue weighted by Gasteiger charge is -2.40. The second kappa shape index (κ2) is 12.9. The van der Waals surface area contributed by atoms with Crippen molar-refractivity contribution < 1.29 is 0 Å². The molecule has 4 aromatic carbocycles. The molecule has 4 heterocycles. The third kappa shape index (κ3) is 5.92. The van der Waals surface area contributed by atoms with Crippen molar-refractivity contribution in [1.82, 2.24) is 19.5 Å². The Morgan fingerprint density at radius 1 is 0.462 bits per heavy atom. The largest absolute Gasteiger partial charge is 0.335 e. The van der Waals surface area contributed by atoms with E-state index in [-0.39, 0.29) is 11.1 Å². The molecule has 8 aromatic rings. The van der Waals surface area contributed by atoms with Crippen LogP contribution in [0.3, 0.4) is 0 Å². The fraction of sp³-hybridized carbons (Fsp3) is 0.170. The smallest absolute Gasteiger partial charge is 0.0729 e. The molecule has 0 fully saturated rings. The highest BCUT2D eigenvalue weighted by molar-refractivity contribution is 6.12. The molecule has 0 bridgehead atoms. The summed E-state index contributed by atoms with van der Waals surface area (Å²) in [5.41, 5.74) is 12.5. The van der Waals surface area contributed by atoms with Crippen LogP contribution in [0.5, 0.6) is 0 Å². The molecule has 5 heteroatoms. The Morgan fingerprint density at radius 3 is 1.60 bits per heavy atom. The summed E-state index contributed by atoms with van der Waals surface area (Å²) >= 11 is 0. The van der Waals surface area contributed by atoms with Gasteiger partial charge in [-0.2, -0.15) is 0 Å². The summed E-state index contributed by atoms with van der Waals surface area (Å²) < 4.78 is 2.47. The summed E-state index contributed by atoms with van der Waals surface area (Å²) in [6, 6.07) is 47.1. The van der Waals surface area contributed by atoms with Crippen molar-refractivity contribution >= 4 is 33.2 Å². The first kappa shape index (κ1) is 33.1. The topological polar surface area (TPSA) is 46.8 Å². The Hall–Kier alpha value is -6.07. The lowest BCUT2D eigenvalue weighted by molar-refractivity contribution is 0.423. The number of hydrogen-bond acceptors (Lipinski definition) is 4. The quantitative estimate of drug-likeness (QED) is 0.176. The van der Waals surface area contributed by atoms with Gasteiger partial charge in [-0.3, -0.25) is 15.0 Å². The Bertz CT molecular complexity index is 2550. The predicted octanol–water partition coefficient (Wildman–Crippen LogP) is 12.3. The second-order valence-corrected chi connectivity index (χ2v) is 15.3. The first-order chi connectivity index (χ1) is 25.1. The van der Waals surface area contributed by atoms with Crippen LogP contribution in [0.25, 0.3) is 66.7 Å². The molecule has 4 aromatic heterocycles. The molecule has 0 aliphatic carbocycles. The maximum absolute atomic E-state index is 4.96. The fourth-order valence-corrected chi connectivity index (χ4v) is 7.58. The van der Waals surface area contributed by atoms with Gasteiger partial charge in [0.05, 0.1) is 34.0 Å². The molecule has 0 radical (unpaired) electrons. The van der Waals surface area contributed by atoms with Gasteiger partial charge in [0, 0.05) is 62.6 Å². The zero-order chi connectivity index (χ0) is 36.0. The summed E-state index contributed by atoms with van der Waals surface area (Å²) in [4.78, 5) is 17.0. The van der Waals surface area contributed by atoms with Gasteiger partial charge in [-0.25, -0.2) is 0 Å². The third-order valence-electron chi connectivity index (χ3n) is 9.67. The molecule has 0 spiro atoms. The average Bonchev–Trinajstić information content (AvgIpc) is 3.51. The number of pyridine rings is 3. The lowest BCUT2D eigenvalue weighted by Crippen LogP contribution is -2.38. The van der Waals surface area contributed by atoms with Gasteiger partial charge in [-0.1, -0.05) is 78.9 Å². The summed E-state index contributed by atoms with van der Waals surface area (Å²) in [7, 11) is 0. The molecule has 0 atom stereocenters. The number of nitrogens with zero attached hydrogens (tertiary/aromatic N) is 5. The van der Waals surface area contributed by atoms with Gasteiger partial charge >= 0.3 is 0 Å². The molecule has 5 nitrogen and oxygen atoms in total. The molecule has 0 saturated heterocycles.